The van der Waals surface area contributed by atoms with E-state index in [0.717, 1.165) is 11.8 Å². The van der Waals surface area contributed by atoms with Crippen LogP contribution < -0.4 is 16.6 Å². The van der Waals surface area contributed by atoms with E-state index in [4.69, 9.17) is 17.4 Å². The number of nitrogens with two attached hydrogens (primary N) is 1. The summed E-state index contributed by atoms with van der Waals surface area (Å²) in [5.41, 5.74) is 3.82. The van der Waals surface area contributed by atoms with E-state index in [0.29, 0.717) is 10.7 Å². The number of nitrogen functional groups attached to an aromatic ring is 1. The average Bonchev–Trinajstić information content (AvgIpc) is 2.36. The highest BCUT2D eigenvalue weighted by Crippen LogP contribution is 2.23. The summed E-state index contributed by atoms with van der Waals surface area (Å²) in [4.78, 5) is 7.50. The summed E-state index contributed by atoms with van der Waals surface area (Å²) in [6.07, 6.45) is 1.03. The Morgan fingerprint density at radius 1 is 1.39 bits per heavy atom. The number of rotatable bonds is 3. The van der Waals surface area contributed by atoms with Crippen LogP contribution in [-0.4, -0.2) is 9.97 Å². The van der Waals surface area contributed by atoms with Gasteiger partial charge in [0, 0.05) is 10.7 Å². The molecule has 0 saturated heterocycles. The van der Waals surface area contributed by atoms with Gasteiger partial charge in [-0.15, -0.1) is 0 Å². The molecule has 0 radical (unpaired) electrons. The lowest BCUT2D eigenvalue weighted by Crippen LogP contribution is -2.12. The fourth-order valence-corrected chi connectivity index (χ4v) is 1.51. The molecular formula is C11H11ClFN5. The number of nitrogens with zero attached hydrogens (tertiary/aromatic N) is 2. The van der Waals surface area contributed by atoms with E-state index in [-0.39, 0.29) is 11.8 Å². The third kappa shape index (κ3) is 2.66. The molecule has 0 aliphatic carbocycles. The summed E-state index contributed by atoms with van der Waals surface area (Å²) in [5, 5.41) is 3.40. The first-order chi connectivity index (χ1) is 8.60. The van der Waals surface area contributed by atoms with Crippen LogP contribution in [0.15, 0.2) is 24.4 Å². The number of aromatic nitrogens is 2. The van der Waals surface area contributed by atoms with Gasteiger partial charge in [-0.2, -0.15) is 4.98 Å². The molecule has 7 heteroatoms. The Balaban J connectivity index is 2.30. The highest BCUT2D eigenvalue weighted by atomic mass is 35.5. The van der Waals surface area contributed by atoms with Gasteiger partial charge in [0.2, 0.25) is 5.95 Å². The van der Waals surface area contributed by atoms with Crippen molar-refractivity contribution in [2.75, 3.05) is 10.7 Å². The standard InChI is InChI=1S/C11H11ClFN5/c1-6-2-3-7(4-8(6)12)16-10-9(13)5-15-11(17-10)18-14/h2-5H,14H2,1H3,(H2,15,16,17,18). The van der Waals surface area contributed by atoms with Gasteiger partial charge in [0.15, 0.2) is 11.6 Å². The number of hydrogen-bond acceptors (Lipinski definition) is 5. The summed E-state index contributed by atoms with van der Waals surface area (Å²) < 4.78 is 13.5. The van der Waals surface area contributed by atoms with Crippen molar-refractivity contribution in [1.82, 2.24) is 9.97 Å². The molecule has 2 rings (SSSR count). The highest BCUT2D eigenvalue weighted by molar-refractivity contribution is 6.31. The van der Waals surface area contributed by atoms with E-state index in [2.05, 4.69) is 20.7 Å². The van der Waals surface area contributed by atoms with Gasteiger partial charge >= 0.3 is 0 Å². The SMILES string of the molecule is Cc1ccc(Nc2nc(NN)ncc2F)cc1Cl. The fraction of sp³-hybridized carbons (Fsp3) is 0.0909. The average molecular weight is 268 g/mol. The van der Waals surface area contributed by atoms with E-state index < -0.39 is 5.82 Å². The first-order valence-corrected chi connectivity index (χ1v) is 5.50. The molecule has 94 valence electrons. The molecule has 1 aromatic heterocycles. The van der Waals surface area contributed by atoms with Gasteiger partial charge in [0.1, 0.15) is 0 Å². The molecule has 1 aromatic carbocycles. The Morgan fingerprint density at radius 3 is 2.83 bits per heavy atom. The van der Waals surface area contributed by atoms with Crippen molar-refractivity contribution in [3.8, 4) is 0 Å². The number of benzene rings is 1. The molecule has 0 atom stereocenters. The molecule has 0 amide bonds. The predicted molar refractivity (Wildman–Crippen MR) is 69.3 cm³/mol. The lowest BCUT2D eigenvalue weighted by molar-refractivity contribution is 0.619. The zero-order chi connectivity index (χ0) is 13.1. The largest absolute Gasteiger partial charge is 0.338 e. The predicted octanol–water partition coefficient (Wildman–Crippen LogP) is 2.61. The van der Waals surface area contributed by atoms with Crippen molar-refractivity contribution in [1.29, 1.82) is 0 Å². The van der Waals surface area contributed by atoms with Gasteiger partial charge in [0.25, 0.3) is 0 Å². The molecule has 0 saturated carbocycles. The monoisotopic (exact) mass is 267 g/mol. The second kappa shape index (κ2) is 5.16. The van der Waals surface area contributed by atoms with E-state index >= 15 is 0 Å². The van der Waals surface area contributed by atoms with Crippen molar-refractivity contribution in [2.24, 2.45) is 5.84 Å². The maximum absolute atomic E-state index is 13.5. The van der Waals surface area contributed by atoms with Crippen LogP contribution in [0.4, 0.5) is 21.8 Å². The van der Waals surface area contributed by atoms with E-state index in [1.165, 1.54) is 0 Å². The Kier molecular flexibility index (Phi) is 3.59. The van der Waals surface area contributed by atoms with Gasteiger partial charge in [-0.25, -0.2) is 15.2 Å². The Hall–Kier alpha value is -1.92. The van der Waals surface area contributed by atoms with Gasteiger partial charge < -0.3 is 5.32 Å². The van der Waals surface area contributed by atoms with E-state index in [1.807, 2.05) is 13.0 Å². The molecule has 5 nitrogen and oxygen atoms in total. The van der Waals surface area contributed by atoms with Gasteiger partial charge in [-0.1, -0.05) is 17.7 Å². The summed E-state index contributed by atoms with van der Waals surface area (Å²) in [5.74, 6) is 4.73. The van der Waals surface area contributed by atoms with Crippen molar-refractivity contribution in [2.45, 2.75) is 6.92 Å². The van der Waals surface area contributed by atoms with Crippen LogP contribution in [0, 0.1) is 12.7 Å². The normalized spacial score (nSPS) is 10.2. The molecule has 2 aromatic rings. The molecule has 0 aliphatic heterocycles. The van der Waals surface area contributed by atoms with Crippen LogP contribution in [0.5, 0.6) is 0 Å². The number of anilines is 3. The number of nitrogens with one attached hydrogen (secondary N) is 2. The quantitative estimate of drug-likeness (QED) is 0.589. The summed E-state index contributed by atoms with van der Waals surface area (Å²) in [7, 11) is 0. The van der Waals surface area contributed by atoms with Crippen molar-refractivity contribution >= 4 is 29.1 Å². The number of hydrazine groups is 1. The van der Waals surface area contributed by atoms with Crippen LogP contribution in [0.25, 0.3) is 0 Å². The molecule has 1 heterocycles. The number of aryl methyl sites for hydroxylation is 1. The van der Waals surface area contributed by atoms with E-state index in [9.17, 15) is 4.39 Å². The Labute approximate surface area is 108 Å². The van der Waals surface area contributed by atoms with Gasteiger partial charge in [-0.3, -0.25) is 5.43 Å². The van der Waals surface area contributed by atoms with Crippen molar-refractivity contribution < 1.29 is 4.39 Å². The zero-order valence-corrected chi connectivity index (χ0v) is 10.3. The molecule has 0 fully saturated rings. The highest BCUT2D eigenvalue weighted by Gasteiger charge is 2.07. The first kappa shape index (κ1) is 12.5. The lowest BCUT2D eigenvalue weighted by Gasteiger charge is -2.08. The maximum Gasteiger partial charge on any atom is 0.239 e. The van der Waals surface area contributed by atoms with Crippen LogP contribution in [0.3, 0.4) is 0 Å². The Morgan fingerprint density at radius 2 is 2.17 bits per heavy atom. The minimum absolute atomic E-state index is 0.0258. The molecule has 0 spiro atoms. The van der Waals surface area contributed by atoms with Gasteiger partial charge in [-0.05, 0) is 24.6 Å². The second-order valence-electron chi connectivity index (χ2n) is 3.62. The van der Waals surface area contributed by atoms with Crippen LogP contribution in [-0.2, 0) is 0 Å². The minimum Gasteiger partial charge on any atom is -0.338 e. The molecule has 0 unspecified atom stereocenters. The smallest absolute Gasteiger partial charge is 0.239 e. The van der Waals surface area contributed by atoms with Crippen LogP contribution in [0.2, 0.25) is 5.02 Å². The van der Waals surface area contributed by atoms with E-state index in [1.54, 1.807) is 12.1 Å². The minimum atomic E-state index is -0.578. The zero-order valence-electron chi connectivity index (χ0n) is 9.54. The third-order valence-corrected chi connectivity index (χ3v) is 2.71. The summed E-state index contributed by atoms with van der Waals surface area (Å²) in [6.45, 7) is 1.88. The number of hydrogen-bond donors (Lipinski definition) is 3. The maximum atomic E-state index is 13.5. The molecule has 18 heavy (non-hydrogen) atoms. The molecule has 4 N–H and O–H groups in total. The third-order valence-electron chi connectivity index (χ3n) is 2.31. The molecule has 0 bridgehead atoms. The second-order valence-corrected chi connectivity index (χ2v) is 4.03. The Bertz CT molecular complexity index is 575. The van der Waals surface area contributed by atoms with Crippen molar-refractivity contribution in [3.05, 3.63) is 40.8 Å². The lowest BCUT2D eigenvalue weighted by atomic mass is 10.2. The van der Waals surface area contributed by atoms with Gasteiger partial charge in [0.05, 0.1) is 6.20 Å². The first-order valence-electron chi connectivity index (χ1n) is 5.12. The number of halogens is 2. The topological polar surface area (TPSA) is 75.9 Å². The van der Waals surface area contributed by atoms with Crippen LogP contribution in [0.1, 0.15) is 5.56 Å². The summed E-state index contributed by atoms with van der Waals surface area (Å²) >= 11 is 5.98. The van der Waals surface area contributed by atoms with Crippen LogP contribution >= 0.6 is 11.6 Å². The molecule has 0 aliphatic rings. The fourth-order valence-electron chi connectivity index (χ4n) is 1.33. The van der Waals surface area contributed by atoms with Crippen molar-refractivity contribution in [3.63, 3.8) is 0 Å². The molecular weight excluding hydrogens is 257 g/mol. The summed E-state index contributed by atoms with van der Waals surface area (Å²) in [6, 6.07) is 5.29.